The Kier molecular flexibility index (Phi) is 3.93. The molecule has 1 fully saturated rings. The Morgan fingerprint density at radius 1 is 1.22 bits per heavy atom. The van der Waals surface area contributed by atoms with Crippen LogP contribution in [0.3, 0.4) is 0 Å². The summed E-state index contributed by atoms with van der Waals surface area (Å²) in [6.07, 6.45) is 0. The number of anilines is 1. The third-order valence-electron chi connectivity index (χ3n) is 4.33. The Morgan fingerprint density at radius 3 is 2.39 bits per heavy atom. The zero-order valence-electron chi connectivity index (χ0n) is 11.9. The normalized spacial score (nSPS) is 28.2. The zero-order valence-corrected chi connectivity index (χ0v) is 11.9. The van der Waals surface area contributed by atoms with Gasteiger partial charge in [-0.2, -0.15) is 0 Å². The van der Waals surface area contributed by atoms with Crippen LogP contribution in [0.5, 0.6) is 0 Å². The van der Waals surface area contributed by atoms with Gasteiger partial charge in [-0.25, -0.2) is 0 Å². The molecule has 1 aliphatic rings. The van der Waals surface area contributed by atoms with Gasteiger partial charge in [0, 0.05) is 36.9 Å². The van der Waals surface area contributed by atoms with Crippen molar-refractivity contribution in [3.05, 3.63) is 29.8 Å². The number of benzene rings is 1. The molecule has 100 valence electrons. The SMILES string of the molecule is CC(c1cccc(N)c1)N1CC(C)N(C)C(C)C1. The number of nitrogen functional groups attached to an aromatic ring is 1. The molecule has 2 rings (SSSR count). The van der Waals surface area contributed by atoms with Crippen molar-refractivity contribution in [1.29, 1.82) is 0 Å². The van der Waals surface area contributed by atoms with Gasteiger partial charge < -0.3 is 5.73 Å². The summed E-state index contributed by atoms with van der Waals surface area (Å²) >= 11 is 0. The molecule has 0 spiro atoms. The lowest BCUT2D eigenvalue weighted by atomic mass is 10.0. The quantitative estimate of drug-likeness (QED) is 0.814. The van der Waals surface area contributed by atoms with Crippen LogP contribution in [0.4, 0.5) is 5.69 Å². The molecule has 1 aromatic carbocycles. The second-order valence-electron chi connectivity index (χ2n) is 5.66. The van der Waals surface area contributed by atoms with Crippen LogP contribution in [0.2, 0.25) is 0 Å². The molecule has 0 saturated carbocycles. The van der Waals surface area contributed by atoms with E-state index in [0.717, 1.165) is 18.8 Å². The number of nitrogens with two attached hydrogens (primary N) is 1. The Morgan fingerprint density at radius 2 is 1.83 bits per heavy atom. The summed E-state index contributed by atoms with van der Waals surface area (Å²) in [4.78, 5) is 5.02. The summed E-state index contributed by atoms with van der Waals surface area (Å²) in [5.74, 6) is 0. The standard InChI is InChI=1S/C15H25N3/c1-11-9-18(10-12(2)17(11)4)13(3)14-6-5-7-15(16)8-14/h5-8,11-13H,9-10,16H2,1-4H3. The van der Waals surface area contributed by atoms with Crippen molar-refractivity contribution >= 4 is 5.69 Å². The lowest BCUT2D eigenvalue weighted by Gasteiger charge is -2.45. The van der Waals surface area contributed by atoms with Gasteiger partial charge in [0.2, 0.25) is 0 Å². The fraction of sp³-hybridized carbons (Fsp3) is 0.600. The largest absolute Gasteiger partial charge is 0.399 e. The second-order valence-corrected chi connectivity index (χ2v) is 5.66. The maximum absolute atomic E-state index is 5.88. The smallest absolute Gasteiger partial charge is 0.0321 e. The van der Waals surface area contributed by atoms with E-state index in [1.54, 1.807) is 0 Å². The van der Waals surface area contributed by atoms with Crippen LogP contribution in [-0.4, -0.2) is 42.0 Å². The van der Waals surface area contributed by atoms with Crippen molar-refractivity contribution in [2.24, 2.45) is 0 Å². The van der Waals surface area contributed by atoms with E-state index in [4.69, 9.17) is 5.73 Å². The van der Waals surface area contributed by atoms with E-state index in [1.807, 2.05) is 12.1 Å². The Bertz CT molecular complexity index is 392. The van der Waals surface area contributed by atoms with E-state index in [-0.39, 0.29) is 0 Å². The minimum absolute atomic E-state index is 0.437. The molecular formula is C15H25N3. The molecule has 0 radical (unpaired) electrons. The van der Waals surface area contributed by atoms with Gasteiger partial charge in [0.1, 0.15) is 0 Å². The molecule has 3 atom stereocenters. The first kappa shape index (κ1) is 13.4. The van der Waals surface area contributed by atoms with Gasteiger partial charge in [-0.15, -0.1) is 0 Å². The first-order valence-corrected chi connectivity index (χ1v) is 6.80. The van der Waals surface area contributed by atoms with E-state index >= 15 is 0 Å². The first-order valence-electron chi connectivity index (χ1n) is 6.80. The topological polar surface area (TPSA) is 32.5 Å². The van der Waals surface area contributed by atoms with Crippen LogP contribution in [0.1, 0.15) is 32.4 Å². The first-order chi connectivity index (χ1) is 8.49. The predicted molar refractivity (Wildman–Crippen MR) is 77.5 cm³/mol. The molecule has 0 aliphatic carbocycles. The fourth-order valence-corrected chi connectivity index (χ4v) is 2.79. The van der Waals surface area contributed by atoms with Crippen molar-refractivity contribution in [2.75, 3.05) is 25.9 Å². The Balaban J connectivity index is 2.12. The number of likely N-dealkylation sites (N-methyl/N-ethyl adjacent to an activating group) is 1. The molecule has 1 aliphatic heterocycles. The molecule has 2 N–H and O–H groups in total. The summed E-state index contributed by atoms with van der Waals surface area (Å²) in [5.41, 5.74) is 8.05. The molecule has 18 heavy (non-hydrogen) atoms. The van der Waals surface area contributed by atoms with Crippen LogP contribution >= 0.6 is 0 Å². The Hall–Kier alpha value is -1.06. The average molecular weight is 247 g/mol. The van der Waals surface area contributed by atoms with E-state index in [9.17, 15) is 0 Å². The van der Waals surface area contributed by atoms with Crippen LogP contribution in [-0.2, 0) is 0 Å². The predicted octanol–water partition coefficient (Wildman–Crippen LogP) is 2.35. The third-order valence-corrected chi connectivity index (χ3v) is 4.33. The van der Waals surface area contributed by atoms with Gasteiger partial charge in [0.05, 0.1) is 0 Å². The molecular weight excluding hydrogens is 222 g/mol. The highest BCUT2D eigenvalue weighted by atomic mass is 15.3. The number of hydrogen-bond donors (Lipinski definition) is 1. The van der Waals surface area contributed by atoms with E-state index in [1.165, 1.54) is 5.56 Å². The van der Waals surface area contributed by atoms with Crippen molar-refractivity contribution in [3.8, 4) is 0 Å². The molecule has 1 heterocycles. The molecule has 3 heteroatoms. The molecule has 3 nitrogen and oxygen atoms in total. The number of hydrogen-bond acceptors (Lipinski definition) is 3. The molecule has 3 unspecified atom stereocenters. The monoisotopic (exact) mass is 247 g/mol. The average Bonchev–Trinajstić information content (AvgIpc) is 2.34. The molecule has 1 saturated heterocycles. The summed E-state index contributed by atoms with van der Waals surface area (Å²) in [6.45, 7) is 9.12. The zero-order chi connectivity index (χ0) is 13.3. The Labute approximate surface area is 111 Å². The minimum Gasteiger partial charge on any atom is -0.399 e. The fourth-order valence-electron chi connectivity index (χ4n) is 2.79. The van der Waals surface area contributed by atoms with Gasteiger partial charge in [-0.3, -0.25) is 9.80 Å². The van der Waals surface area contributed by atoms with E-state index < -0.39 is 0 Å². The van der Waals surface area contributed by atoms with Crippen molar-refractivity contribution in [3.63, 3.8) is 0 Å². The van der Waals surface area contributed by atoms with Crippen molar-refractivity contribution in [2.45, 2.75) is 38.9 Å². The van der Waals surface area contributed by atoms with Crippen molar-refractivity contribution < 1.29 is 0 Å². The summed E-state index contributed by atoms with van der Waals surface area (Å²) in [5, 5.41) is 0. The second kappa shape index (κ2) is 5.29. The summed E-state index contributed by atoms with van der Waals surface area (Å²) in [7, 11) is 2.22. The van der Waals surface area contributed by atoms with Crippen LogP contribution in [0.25, 0.3) is 0 Å². The van der Waals surface area contributed by atoms with Gasteiger partial charge in [-0.1, -0.05) is 12.1 Å². The molecule has 0 bridgehead atoms. The highest BCUT2D eigenvalue weighted by Crippen LogP contribution is 2.26. The lowest BCUT2D eigenvalue weighted by molar-refractivity contribution is 0.0377. The van der Waals surface area contributed by atoms with E-state index in [2.05, 4.69) is 49.8 Å². The number of nitrogens with zero attached hydrogens (tertiary/aromatic N) is 2. The van der Waals surface area contributed by atoms with Crippen LogP contribution in [0.15, 0.2) is 24.3 Å². The van der Waals surface area contributed by atoms with E-state index in [0.29, 0.717) is 18.1 Å². The van der Waals surface area contributed by atoms with Crippen LogP contribution in [0, 0.1) is 0 Å². The van der Waals surface area contributed by atoms with Gasteiger partial charge >= 0.3 is 0 Å². The summed E-state index contributed by atoms with van der Waals surface area (Å²) < 4.78 is 0. The van der Waals surface area contributed by atoms with Crippen LogP contribution < -0.4 is 5.73 Å². The third kappa shape index (κ3) is 2.68. The molecule has 1 aromatic rings. The van der Waals surface area contributed by atoms with Crippen molar-refractivity contribution in [1.82, 2.24) is 9.80 Å². The minimum atomic E-state index is 0.437. The molecule has 0 amide bonds. The number of rotatable bonds is 2. The highest BCUT2D eigenvalue weighted by molar-refractivity contribution is 5.41. The van der Waals surface area contributed by atoms with Gasteiger partial charge in [-0.05, 0) is 45.5 Å². The maximum atomic E-state index is 5.88. The van der Waals surface area contributed by atoms with Gasteiger partial charge in [0.15, 0.2) is 0 Å². The maximum Gasteiger partial charge on any atom is 0.0321 e. The number of piperazine rings is 1. The summed E-state index contributed by atoms with van der Waals surface area (Å²) in [6, 6.07) is 9.92. The highest BCUT2D eigenvalue weighted by Gasteiger charge is 2.29. The molecule has 0 aromatic heterocycles. The van der Waals surface area contributed by atoms with Gasteiger partial charge in [0.25, 0.3) is 0 Å². The lowest BCUT2D eigenvalue weighted by Crippen LogP contribution is -2.55.